The van der Waals surface area contributed by atoms with E-state index >= 15 is 0 Å². The summed E-state index contributed by atoms with van der Waals surface area (Å²) in [5, 5.41) is 19.7. The second-order valence-electron chi connectivity index (χ2n) is 4.46. The third-order valence-corrected chi connectivity index (χ3v) is 1.95. The van der Waals surface area contributed by atoms with Gasteiger partial charge < -0.3 is 19.7 Å². The Balaban J connectivity index is 2.59. The largest absolute Gasteiger partial charge is 0.548 e. The lowest BCUT2D eigenvalue weighted by molar-refractivity contribution is -0.318. The molecule has 0 aromatic rings. The molecule has 1 aliphatic rings. The van der Waals surface area contributed by atoms with Crippen molar-refractivity contribution >= 4 is 12.1 Å². The average Bonchev–Trinajstić information content (AvgIpc) is 1.94. The maximum atomic E-state index is 11.4. The van der Waals surface area contributed by atoms with Crippen molar-refractivity contribution in [3.8, 4) is 0 Å². The number of carbonyl (C=O) groups excluding carboxylic acids is 2. The maximum Gasteiger partial charge on any atom is 0.411 e. The van der Waals surface area contributed by atoms with Gasteiger partial charge in [-0.15, -0.1) is 0 Å². The van der Waals surface area contributed by atoms with Crippen molar-refractivity contribution in [2.24, 2.45) is 0 Å². The molecule has 15 heavy (non-hydrogen) atoms. The van der Waals surface area contributed by atoms with Gasteiger partial charge in [0, 0.05) is 0 Å². The Kier molecular flexibility index (Phi) is 2.90. The van der Waals surface area contributed by atoms with Crippen molar-refractivity contribution in [3.05, 3.63) is 0 Å². The van der Waals surface area contributed by atoms with Crippen LogP contribution < -0.4 is 5.11 Å². The number of ether oxygens (including phenoxy) is 1. The van der Waals surface area contributed by atoms with Gasteiger partial charge in [0.1, 0.15) is 11.6 Å². The summed E-state index contributed by atoms with van der Waals surface area (Å²) in [5.41, 5.74) is -0.686. The molecule has 0 saturated carbocycles. The zero-order valence-electron chi connectivity index (χ0n) is 8.89. The van der Waals surface area contributed by atoms with Crippen LogP contribution in [0.25, 0.3) is 0 Å². The van der Waals surface area contributed by atoms with E-state index in [1.165, 1.54) is 0 Å². The first-order valence-corrected chi connectivity index (χ1v) is 4.61. The molecule has 1 fully saturated rings. The van der Waals surface area contributed by atoms with Gasteiger partial charge in [0.05, 0.1) is 18.6 Å². The fourth-order valence-corrected chi connectivity index (χ4v) is 1.28. The van der Waals surface area contributed by atoms with Crippen LogP contribution in [0.5, 0.6) is 0 Å². The van der Waals surface area contributed by atoms with Crippen LogP contribution in [-0.4, -0.2) is 46.4 Å². The number of aliphatic hydroxyl groups is 1. The van der Waals surface area contributed by atoms with Gasteiger partial charge in [-0.3, -0.25) is 4.90 Å². The number of hydrogen-bond donors (Lipinski definition) is 1. The van der Waals surface area contributed by atoms with E-state index in [0.717, 1.165) is 4.90 Å². The third-order valence-electron chi connectivity index (χ3n) is 1.95. The van der Waals surface area contributed by atoms with E-state index < -0.39 is 29.8 Å². The molecule has 1 amide bonds. The van der Waals surface area contributed by atoms with Crippen molar-refractivity contribution in [1.82, 2.24) is 4.90 Å². The van der Waals surface area contributed by atoms with Crippen molar-refractivity contribution in [3.63, 3.8) is 0 Å². The number of amides is 1. The summed E-state index contributed by atoms with van der Waals surface area (Å²) in [4.78, 5) is 22.9. The second-order valence-corrected chi connectivity index (χ2v) is 4.46. The molecule has 86 valence electrons. The third kappa shape index (κ3) is 2.59. The Morgan fingerprint density at radius 1 is 1.47 bits per heavy atom. The summed E-state index contributed by atoms with van der Waals surface area (Å²) >= 11 is 0. The van der Waals surface area contributed by atoms with E-state index in [1.807, 2.05) is 0 Å². The molecule has 0 bridgehead atoms. The van der Waals surface area contributed by atoms with Gasteiger partial charge in [-0.1, -0.05) is 0 Å². The number of hydrogen-bond acceptors (Lipinski definition) is 5. The Hall–Kier alpha value is -1.30. The average molecular weight is 216 g/mol. The van der Waals surface area contributed by atoms with E-state index in [2.05, 4.69) is 0 Å². The topological polar surface area (TPSA) is 89.9 Å². The van der Waals surface area contributed by atoms with Crippen LogP contribution in [0.1, 0.15) is 20.8 Å². The lowest BCUT2D eigenvalue weighted by Crippen LogP contribution is -2.68. The molecule has 1 aliphatic heterocycles. The first kappa shape index (κ1) is 11.8. The molecule has 0 aliphatic carbocycles. The van der Waals surface area contributed by atoms with E-state index in [0.29, 0.717) is 0 Å². The number of nitrogens with zero attached hydrogens (tertiary/aromatic N) is 1. The lowest BCUT2D eigenvalue weighted by atomic mass is 10.0. The smallest absolute Gasteiger partial charge is 0.411 e. The van der Waals surface area contributed by atoms with Crippen LogP contribution in [0.2, 0.25) is 0 Å². The molecule has 0 aromatic heterocycles. The Labute approximate surface area is 87.4 Å². The summed E-state index contributed by atoms with van der Waals surface area (Å²) in [6.07, 6.45) is -1.82. The minimum Gasteiger partial charge on any atom is -0.548 e. The highest BCUT2D eigenvalue weighted by atomic mass is 16.6. The molecular formula is C9H14NO5-. The first-order chi connectivity index (χ1) is 6.72. The van der Waals surface area contributed by atoms with Gasteiger partial charge in [0.25, 0.3) is 0 Å². The van der Waals surface area contributed by atoms with Crippen molar-refractivity contribution in [2.75, 3.05) is 6.54 Å². The zero-order valence-corrected chi connectivity index (χ0v) is 8.89. The maximum absolute atomic E-state index is 11.4. The summed E-state index contributed by atoms with van der Waals surface area (Å²) < 4.78 is 4.96. The number of aliphatic hydroxyl groups excluding tert-OH is 1. The highest BCUT2D eigenvalue weighted by Gasteiger charge is 2.43. The fraction of sp³-hybridized carbons (Fsp3) is 0.778. The van der Waals surface area contributed by atoms with E-state index in [1.54, 1.807) is 20.8 Å². The number of β-amino-alcohol motifs (C(OH)–C–C–N with tert-alkyl or cyclic N) is 1. The minimum atomic E-state index is -1.47. The summed E-state index contributed by atoms with van der Waals surface area (Å²) in [7, 11) is 0. The van der Waals surface area contributed by atoms with Gasteiger partial charge in [0.2, 0.25) is 0 Å². The summed E-state index contributed by atoms with van der Waals surface area (Å²) in [6, 6.07) is -1.29. The monoisotopic (exact) mass is 216 g/mol. The first-order valence-electron chi connectivity index (χ1n) is 4.61. The molecule has 2 unspecified atom stereocenters. The number of aliphatic carboxylic acids is 1. The highest BCUT2D eigenvalue weighted by molar-refractivity contribution is 5.81. The second kappa shape index (κ2) is 3.69. The van der Waals surface area contributed by atoms with Gasteiger partial charge >= 0.3 is 6.09 Å². The van der Waals surface area contributed by atoms with Crippen LogP contribution in [0.4, 0.5) is 4.79 Å². The van der Waals surface area contributed by atoms with E-state index in [-0.39, 0.29) is 6.54 Å². The minimum absolute atomic E-state index is 0.0342. The molecule has 1 rings (SSSR count). The number of carbonyl (C=O) groups is 2. The highest BCUT2D eigenvalue weighted by Crippen LogP contribution is 2.21. The van der Waals surface area contributed by atoms with Crippen LogP contribution in [0, 0.1) is 0 Å². The van der Waals surface area contributed by atoms with Crippen molar-refractivity contribution in [1.29, 1.82) is 0 Å². The van der Waals surface area contributed by atoms with Gasteiger partial charge in [-0.05, 0) is 20.8 Å². The van der Waals surface area contributed by atoms with Crippen LogP contribution >= 0.6 is 0 Å². The van der Waals surface area contributed by atoms with E-state index in [9.17, 15) is 14.7 Å². The standard InChI is InChI=1S/C9H15NO5/c1-9(2,3)15-8(14)10-4-5(11)6(10)7(12)13/h5-6,11H,4H2,1-3H3,(H,12,13)/p-1. The lowest BCUT2D eigenvalue weighted by Gasteiger charge is -2.45. The number of likely N-dealkylation sites (tertiary alicyclic amines) is 1. The Morgan fingerprint density at radius 2 is 2.00 bits per heavy atom. The number of carboxylic acid groups (broad SMARTS) is 1. The SMILES string of the molecule is CC(C)(C)OC(=O)N1CC(O)C1C(=O)[O-]. The molecule has 2 atom stereocenters. The van der Waals surface area contributed by atoms with Crippen molar-refractivity contribution < 1.29 is 24.5 Å². The van der Waals surface area contributed by atoms with E-state index in [4.69, 9.17) is 9.84 Å². The molecule has 0 aromatic carbocycles. The predicted octanol–water partition coefficient (Wildman–Crippen LogP) is -1.28. The molecule has 1 saturated heterocycles. The van der Waals surface area contributed by atoms with Crippen LogP contribution in [-0.2, 0) is 9.53 Å². The summed E-state index contributed by atoms with van der Waals surface area (Å²) in [5.74, 6) is -1.47. The predicted molar refractivity (Wildman–Crippen MR) is 47.7 cm³/mol. The fourth-order valence-electron chi connectivity index (χ4n) is 1.28. The molecular weight excluding hydrogens is 202 g/mol. The Morgan fingerprint density at radius 3 is 2.33 bits per heavy atom. The van der Waals surface area contributed by atoms with Gasteiger partial charge in [-0.25, -0.2) is 4.79 Å². The quantitative estimate of drug-likeness (QED) is 0.589. The molecule has 0 spiro atoms. The molecule has 6 heteroatoms. The van der Waals surface area contributed by atoms with Gasteiger partial charge in [0.15, 0.2) is 0 Å². The van der Waals surface area contributed by atoms with Gasteiger partial charge in [-0.2, -0.15) is 0 Å². The zero-order chi connectivity index (χ0) is 11.8. The van der Waals surface area contributed by atoms with Crippen LogP contribution in [0.15, 0.2) is 0 Å². The molecule has 0 radical (unpaired) electrons. The Bertz CT molecular complexity index is 283. The molecule has 6 nitrogen and oxygen atoms in total. The molecule has 1 N–H and O–H groups in total. The molecule has 1 heterocycles. The van der Waals surface area contributed by atoms with Crippen LogP contribution in [0.3, 0.4) is 0 Å². The van der Waals surface area contributed by atoms with Crippen molar-refractivity contribution in [2.45, 2.75) is 38.5 Å². The number of rotatable bonds is 1. The summed E-state index contributed by atoms with van der Waals surface area (Å²) in [6.45, 7) is 4.99. The number of carboxylic acids is 1. The normalized spacial score (nSPS) is 25.7.